The number of hydrogen-bond donors (Lipinski definition) is 1. The maximum absolute atomic E-state index is 14.2. The number of hydrogen-bond acceptors (Lipinski definition) is 4. The Bertz CT molecular complexity index is 414. The zero-order chi connectivity index (χ0) is 14.5. The Balaban J connectivity index is 1.72. The minimum atomic E-state index is -3.70. The quantitative estimate of drug-likeness (QED) is 0.782. The van der Waals surface area contributed by atoms with Crippen molar-refractivity contribution in [2.75, 3.05) is 33.3 Å². The van der Waals surface area contributed by atoms with E-state index in [1.54, 1.807) is 0 Å². The lowest BCUT2D eigenvalue weighted by atomic mass is 9.75. The molecule has 2 saturated heterocycles. The number of morpholine rings is 1. The lowest BCUT2D eigenvalue weighted by Gasteiger charge is -2.42. The van der Waals surface area contributed by atoms with Crippen LogP contribution >= 0.6 is 0 Å². The third-order valence-corrected chi connectivity index (χ3v) is 4.90. The highest BCUT2D eigenvalue weighted by molar-refractivity contribution is 5.85. The third kappa shape index (κ3) is 1.95. The number of rotatable bonds is 2. The second-order valence-corrected chi connectivity index (χ2v) is 6.13. The number of carbonyl (C=O) groups is 1. The molecule has 3 rings (SSSR count). The first-order chi connectivity index (χ1) is 9.35. The molecule has 5 nitrogen and oxygen atoms in total. The van der Waals surface area contributed by atoms with E-state index in [0.717, 1.165) is 11.4 Å². The standard InChI is InChI=1S/C13H20F2N2O3/c1-16-5-6-20-10-8-17(7-9(10)16)11(18)13(14,15)12(19)3-2-4-12/h9-10,19H,2-8H2,1H3. The van der Waals surface area contributed by atoms with Gasteiger partial charge in [0.15, 0.2) is 0 Å². The van der Waals surface area contributed by atoms with Crippen molar-refractivity contribution in [3.63, 3.8) is 0 Å². The van der Waals surface area contributed by atoms with Crippen molar-refractivity contribution in [1.82, 2.24) is 9.80 Å². The summed E-state index contributed by atoms with van der Waals surface area (Å²) in [6.07, 6.45) is 0.312. The molecule has 1 aliphatic carbocycles. The Labute approximate surface area is 116 Å². The Kier molecular flexibility index (Phi) is 3.26. The van der Waals surface area contributed by atoms with Crippen LogP contribution in [-0.4, -0.2) is 77.8 Å². The monoisotopic (exact) mass is 290 g/mol. The molecule has 0 aromatic carbocycles. The molecule has 0 aromatic rings. The van der Waals surface area contributed by atoms with Gasteiger partial charge >= 0.3 is 5.92 Å². The van der Waals surface area contributed by atoms with Crippen LogP contribution in [0.15, 0.2) is 0 Å². The predicted octanol–water partition coefficient (Wildman–Crippen LogP) is 0.0781. The van der Waals surface area contributed by atoms with E-state index in [4.69, 9.17) is 4.74 Å². The Morgan fingerprint density at radius 3 is 2.65 bits per heavy atom. The number of halogens is 2. The number of alkyl halides is 2. The maximum Gasteiger partial charge on any atom is 0.352 e. The first-order valence-electron chi connectivity index (χ1n) is 7.06. The number of amides is 1. The minimum Gasteiger partial charge on any atom is -0.383 e. The Morgan fingerprint density at radius 1 is 1.40 bits per heavy atom. The summed E-state index contributed by atoms with van der Waals surface area (Å²) in [7, 11) is 1.91. The van der Waals surface area contributed by atoms with E-state index in [9.17, 15) is 18.7 Å². The summed E-state index contributed by atoms with van der Waals surface area (Å²) in [5.41, 5.74) is -2.15. The fourth-order valence-electron chi connectivity index (χ4n) is 3.25. The van der Waals surface area contributed by atoms with E-state index in [-0.39, 0.29) is 38.1 Å². The summed E-state index contributed by atoms with van der Waals surface area (Å²) in [4.78, 5) is 15.3. The summed E-state index contributed by atoms with van der Waals surface area (Å²) >= 11 is 0. The topological polar surface area (TPSA) is 53.0 Å². The minimum absolute atomic E-state index is 0.0111. The number of nitrogens with zero attached hydrogens (tertiary/aromatic N) is 2. The molecule has 0 bridgehead atoms. The molecule has 0 spiro atoms. The molecule has 20 heavy (non-hydrogen) atoms. The summed E-state index contributed by atoms with van der Waals surface area (Å²) in [6, 6.07) is -0.0282. The van der Waals surface area contributed by atoms with Gasteiger partial charge in [0.25, 0.3) is 5.91 Å². The second kappa shape index (κ2) is 4.61. The molecule has 1 N–H and O–H groups in total. The molecule has 3 fully saturated rings. The van der Waals surface area contributed by atoms with Gasteiger partial charge in [-0.3, -0.25) is 9.69 Å². The van der Waals surface area contributed by atoms with Crippen molar-refractivity contribution in [2.45, 2.75) is 42.9 Å². The highest BCUT2D eigenvalue weighted by Gasteiger charge is 2.63. The number of carbonyl (C=O) groups excluding carboxylic acids is 1. The molecule has 2 aliphatic heterocycles. The van der Waals surface area contributed by atoms with Crippen molar-refractivity contribution in [1.29, 1.82) is 0 Å². The van der Waals surface area contributed by atoms with Gasteiger partial charge in [0, 0.05) is 19.6 Å². The Morgan fingerprint density at radius 2 is 2.10 bits per heavy atom. The summed E-state index contributed by atoms with van der Waals surface area (Å²) < 4.78 is 33.9. The zero-order valence-electron chi connectivity index (χ0n) is 11.5. The number of likely N-dealkylation sites (tertiary alicyclic amines) is 1. The normalized spacial score (nSPS) is 33.7. The van der Waals surface area contributed by atoms with Crippen LogP contribution in [0.2, 0.25) is 0 Å². The van der Waals surface area contributed by atoms with E-state index in [2.05, 4.69) is 0 Å². The number of aliphatic hydroxyl groups is 1. The molecule has 7 heteroatoms. The summed E-state index contributed by atoms with van der Waals surface area (Å²) in [5, 5.41) is 9.84. The molecular formula is C13H20F2N2O3. The fourth-order valence-corrected chi connectivity index (χ4v) is 3.25. The summed E-state index contributed by atoms with van der Waals surface area (Å²) in [6.45, 7) is 1.72. The fraction of sp³-hybridized carbons (Fsp3) is 0.923. The molecule has 1 amide bonds. The summed E-state index contributed by atoms with van der Waals surface area (Å²) in [5.74, 6) is -4.96. The van der Waals surface area contributed by atoms with Crippen LogP contribution in [-0.2, 0) is 9.53 Å². The van der Waals surface area contributed by atoms with Crippen molar-refractivity contribution in [3.05, 3.63) is 0 Å². The van der Waals surface area contributed by atoms with Gasteiger partial charge < -0.3 is 14.7 Å². The SMILES string of the molecule is CN1CCOC2CN(C(=O)C(F)(F)C3(O)CCC3)CC21. The number of ether oxygens (including phenoxy) is 1. The molecule has 3 aliphatic rings. The van der Waals surface area contributed by atoms with E-state index in [1.165, 1.54) is 0 Å². The van der Waals surface area contributed by atoms with Crippen molar-refractivity contribution in [3.8, 4) is 0 Å². The smallest absolute Gasteiger partial charge is 0.352 e. The first kappa shape index (κ1) is 14.2. The van der Waals surface area contributed by atoms with Gasteiger partial charge in [-0.15, -0.1) is 0 Å². The molecule has 0 aromatic heterocycles. The maximum atomic E-state index is 14.2. The molecule has 114 valence electrons. The van der Waals surface area contributed by atoms with Gasteiger partial charge in [0.2, 0.25) is 0 Å². The van der Waals surface area contributed by atoms with Crippen LogP contribution in [0.5, 0.6) is 0 Å². The van der Waals surface area contributed by atoms with Gasteiger partial charge in [0.05, 0.1) is 18.8 Å². The third-order valence-electron chi connectivity index (χ3n) is 4.90. The molecule has 2 unspecified atom stereocenters. The number of fused-ring (bicyclic) bond motifs is 1. The second-order valence-electron chi connectivity index (χ2n) is 6.13. The largest absolute Gasteiger partial charge is 0.383 e. The van der Waals surface area contributed by atoms with Gasteiger partial charge in [0.1, 0.15) is 5.60 Å². The average molecular weight is 290 g/mol. The number of likely N-dealkylation sites (N-methyl/N-ethyl adjacent to an activating group) is 1. The van der Waals surface area contributed by atoms with Crippen molar-refractivity contribution in [2.24, 2.45) is 0 Å². The van der Waals surface area contributed by atoms with E-state index in [1.807, 2.05) is 11.9 Å². The van der Waals surface area contributed by atoms with Gasteiger partial charge in [-0.25, -0.2) is 0 Å². The van der Waals surface area contributed by atoms with E-state index in [0.29, 0.717) is 13.0 Å². The predicted molar refractivity (Wildman–Crippen MR) is 66.5 cm³/mol. The lowest BCUT2D eigenvalue weighted by molar-refractivity contribution is -0.223. The van der Waals surface area contributed by atoms with Gasteiger partial charge in [-0.1, -0.05) is 0 Å². The van der Waals surface area contributed by atoms with Gasteiger partial charge in [-0.05, 0) is 26.3 Å². The van der Waals surface area contributed by atoms with E-state index >= 15 is 0 Å². The Hall–Kier alpha value is -0.790. The molecule has 0 radical (unpaired) electrons. The zero-order valence-corrected chi connectivity index (χ0v) is 11.5. The lowest BCUT2D eigenvalue weighted by Crippen LogP contribution is -2.61. The molecule has 2 atom stereocenters. The van der Waals surface area contributed by atoms with Crippen molar-refractivity contribution >= 4 is 5.91 Å². The average Bonchev–Trinajstić information content (AvgIpc) is 2.80. The van der Waals surface area contributed by atoms with Crippen LogP contribution in [0.4, 0.5) is 8.78 Å². The van der Waals surface area contributed by atoms with Gasteiger partial charge in [-0.2, -0.15) is 8.78 Å². The molecule has 1 saturated carbocycles. The first-order valence-corrected chi connectivity index (χ1v) is 7.06. The van der Waals surface area contributed by atoms with Crippen LogP contribution in [0, 0.1) is 0 Å². The van der Waals surface area contributed by atoms with Crippen LogP contribution in [0.25, 0.3) is 0 Å². The van der Waals surface area contributed by atoms with E-state index < -0.39 is 17.4 Å². The molecular weight excluding hydrogens is 270 g/mol. The highest BCUT2D eigenvalue weighted by Crippen LogP contribution is 2.45. The molecule has 2 heterocycles. The van der Waals surface area contributed by atoms with Crippen LogP contribution in [0.3, 0.4) is 0 Å². The van der Waals surface area contributed by atoms with Crippen LogP contribution < -0.4 is 0 Å². The highest BCUT2D eigenvalue weighted by atomic mass is 19.3. The van der Waals surface area contributed by atoms with Crippen LogP contribution in [0.1, 0.15) is 19.3 Å². The van der Waals surface area contributed by atoms with Crippen molar-refractivity contribution < 1.29 is 23.4 Å².